The van der Waals surface area contributed by atoms with Crippen molar-refractivity contribution in [3.05, 3.63) is 46.2 Å². The third-order valence-corrected chi connectivity index (χ3v) is 4.30. The first-order valence-corrected chi connectivity index (χ1v) is 7.39. The number of nitrogens with zero attached hydrogens (tertiary/aromatic N) is 2. The molecule has 0 saturated carbocycles. The molecule has 96 valence electrons. The summed E-state index contributed by atoms with van der Waals surface area (Å²) in [5, 5.41) is 2.01. The zero-order valence-electron chi connectivity index (χ0n) is 9.75. The summed E-state index contributed by atoms with van der Waals surface area (Å²) in [5.74, 6) is -0.126. The minimum atomic E-state index is -0.270. The highest BCUT2D eigenvalue weighted by Gasteiger charge is 2.31. The van der Waals surface area contributed by atoms with Crippen LogP contribution in [-0.2, 0) is 11.3 Å². The summed E-state index contributed by atoms with van der Waals surface area (Å²) in [6.07, 6.45) is 5.25. The topological polar surface area (TPSA) is 32.7 Å². The maximum absolute atomic E-state index is 12.4. The Balaban J connectivity index is 1.94. The van der Waals surface area contributed by atoms with E-state index in [1.54, 1.807) is 29.6 Å². The van der Waals surface area contributed by atoms with Crippen molar-refractivity contribution in [1.29, 1.82) is 0 Å². The number of hydrogen-bond acceptors (Lipinski definition) is 3. The van der Waals surface area contributed by atoms with Crippen molar-refractivity contribution in [2.45, 2.75) is 11.9 Å². The molecule has 1 aliphatic heterocycles. The molecule has 3 nitrogen and oxygen atoms in total. The lowest BCUT2D eigenvalue weighted by Gasteiger charge is -2.27. The van der Waals surface area contributed by atoms with E-state index in [0.29, 0.717) is 22.9 Å². The minimum absolute atomic E-state index is 0.126. The van der Waals surface area contributed by atoms with Gasteiger partial charge in [-0.3, -0.25) is 9.69 Å². The second-order valence-electron chi connectivity index (χ2n) is 4.13. The van der Waals surface area contributed by atoms with E-state index in [1.807, 2.05) is 17.5 Å². The fourth-order valence-electron chi connectivity index (χ4n) is 1.94. The largest absolute Gasteiger partial charge is 0.278 e. The van der Waals surface area contributed by atoms with Crippen molar-refractivity contribution in [3.63, 3.8) is 0 Å². The lowest BCUT2D eigenvalue weighted by Crippen LogP contribution is -2.41. The van der Waals surface area contributed by atoms with Gasteiger partial charge in [-0.15, -0.1) is 22.9 Å². The Hall–Kier alpha value is -1.30. The molecule has 2 aliphatic rings. The van der Waals surface area contributed by atoms with Crippen LogP contribution in [-0.4, -0.2) is 27.0 Å². The maximum Gasteiger partial charge on any atom is 0.262 e. The van der Waals surface area contributed by atoms with E-state index in [9.17, 15) is 4.79 Å². The lowest BCUT2D eigenvalue weighted by atomic mass is 10.0. The van der Waals surface area contributed by atoms with Gasteiger partial charge in [0.25, 0.3) is 5.91 Å². The van der Waals surface area contributed by atoms with Crippen LogP contribution in [0.3, 0.4) is 0 Å². The van der Waals surface area contributed by atoms with Gasteiger partial charge in [-0.05, 0) is 35.8 Å². The Bertz CT molecular complexity index is 631. The van der Waals surface area contributed by atoms with Crippen LogP contribution >= 0.6 is 35.2 Å². The van der Waals surface area contributed by atoms with Crippen LogP contribution in [0.5, 0.6) is 0 Å². The van der Waals surface area contributed by atoms with E-state index < -0.39 is 0 Å². The molecule has 1 aromatic rings. The number of carbonyl (C=O) groups excluding carboxylic acids is 1. The first kappa shape index (κ1) is 12.7. The average Bonchev–Trinajstić information content (AvgIpc) is 2.89. The highest BCUT2D eigenvalue weighted by molar-refractivity contribution is 7.80. The van der Waals surface area contributed by atoms with Gasteiger partial charge in [0.1, 0.15) is 0 Å². The molecular weight excluding hydrogens is 300 g/mol. The van der Waals surface area contributed by atoms with Crippen molar-refractivity contribution in [1.82, 2.24) is 4.90 Å². The van der Waals surface area contributed by atoms with E-state index in [4.69, 9.17) is 23.8 Å². The molecule has 0 spiro atoms. The highest BCUT2D eigenvalue weighted by Crippen LogP contribution is 2.23. The maximum atomic E-state index is 12.4. The number of alkyl halides is 1. The Morgan fingerprint density at radius 3 is 3.11 bits per heavy atom. The number of thiophene rings is 1. The predicted octanol–water partition coefficient (Wildman–Crippen LogP) is 2.92. The molecule has 0 bridgehead atoms. The summed E-state index contributed by atoms with van der Waals surface area (Å²) >= 11 is 12.8. The Kier molecular flexibility index (Phi) is 3.35. The van der Waals surface area contributed by atoms with E-state index in [0.717, 1.165) is 4.88 Å². The van der Waals surface area contributed by atoms with E-state index in [-0.39, 0.29) is 11.3 Å². The quantitative estimate of drug-likeness (QED) is 0.621. The highest BCUT2D eigenvalue weighted by atomic mass is 35.5. The molecule has 0 saturated heterocycles. The second-order valence-corrected chi connectivity index (χ2v) is 6.04. The second kappa shape index (κ2) is 5.00. The normalized spacial score (nSPS) is 22.2. The van der Waals surface area contributed by atoms with Crippen molar-refractivity contribution in [3.8, 4) is 0 Å². The zero-order valence-corrected chi connectivity index (χ0v) is 12.1. The summed E-state index contributed by atoms with van der Waals surface area (Å²) in [7, 11) is 0. The number of halogens is 1. The standard InChI is InChI=1S/C13H9ClN2OS2/c14-8-3-4-11-10(6-8)12(17)16(13(18)15-11)7-9-2-1-5-19-9/h1-6,8H,7H2. The van der Waals surface area contributed by atoms with Crippen LogP contribution in [0.4, 0.5) is 0 Å². The van der Waals surface area contributed by atoms with Gasteiger partial charge >= 0.3 is 0 Å². The van der Waals surface area contributed by atoms with Crippen molar-refractivity contribution in [2.24, 2.45) is 4.99 Å². The van der Waals surface area contributed by atoms with Gasteiger partial charge in [0.15, 0.2) is 0 Å². The number of rotatable bonds is 2. The van der Waals surface area contributed by atoms with Crippen LogP contribution in [0.2, 0.25) is 0 Å². The number of carbonyl (C=O) groups is 1. The molecule has 0 radical (unpaired) electrons. The SMILES string of the molecule is O=C1C2=CC(Cl)C=CC2=NC(=S)N1Cc1cccs1. The van der Waals surface area contributed by atoms with Gasteiger partial charge in [0, 0.05) is 4.88 Å². The van der Waals surface area contributed by atoms with Crippen LogP contribution in [0.15, 0.2) is 46.3 Å². The number of aliphatic imine (C=N–C) groups is 1. The number of amides is 1. The molecule has 0 aromatic carbocycles. The van der Waals surface area contributed by atoms with E-state index >= 15 is 0 Å². The smallest absolute Gasteiger partial charge is 0.262 e. The lowest BCUT2D eigenvalue weighted by molar-refractivity contribution is -0.123. The van der Waals surface area contributed by atoms with Crippen molar-refractivity contribution in [2.75, 3.05) is 0 Å². The molecule has 2 heterocycles. The van der Waals surface area contributed by atoms with Gasteiger partial charge in [-0.1, -0.05) is 12.1 Å². The molecule has 0 fully saturated rings. The minimum Gasteiger partial charge on any atom is -0.278 e. The van der Waals surface area contributed by atoms with Crippen LogP contribution in [0, 0.1) is 0 Å². The number of thiocarbonyl (C=S) groups is 1. The zero-order chi connectivity index (χ0) is 13.4. The molecule has 0 N–H and O–H groups in total. The summed E-state index contributed by atoms with van der Waals surface area (Å²) in [6, 6.07) is 3.92. The fourth-order valence-corrected chi connectivity index (χ4v) is 3.08. The fraction of sp³-hybridized carbons (Fsp3) is 0.154. The molecule has 1 atom stereocenters. The molecule has 1 amide bonds. The van der Waals surface area contributed by atoms with Gasteiger partial charge < -0.3 is 0 Å². The molecular formula is C13H9ClN2OS2. The Morgan fingerprint density at radius 2 is 2.37 bits per heavy atom. The molecule has 19 heavy (non-hydrogen) atoms. The molecule has 1 unspecified atom stereocenters. The van der Waals surface area contributed by atoms with Crippen LogP contribution in [0.1, 0.15) is 4.88 Å². The Labute approximate surface area is 124 Å². The molecule has 6 heteroatoms. The summed E-state index contributed by atoms with van der Waals surface area (Å²) in [5.41, 5.74) is 1.14. The summed E-state index contributed by atoms with van der Waals surface area (Å²) in [4.78, 5) is 19.3. The summed E-state index contributed by atoms with van der Waals surface area (Å²) < 4.78 is 0. The van der Waals surface area contributed by atoms with E-state index in [1.165, 1.54) is 4.90 Å². The third-order valence-electron chi connectivity index (χ3n) is 2.86. The molecule has 1 aromatic heterocycles. The average molecular weight is 309 g/mol. The van der Waals surface area contributed by atoms with Gasteiger partial charge in [-0.25, -0.2) is 4.99 Å². The molecule has 3 rings (SSSR count). The number of allylic oxidation sites excluding steroid dienone is 3. The Morgan fingerprint density at radius 1 is 1.53 bits per heavy atom. The number of fused-ring (bicyclic) bond motifs is 1. The molecule has 1 aliphatic carbocycles. The van der Waals surface area contributed by atoms with Crippen LogP contribution in [0.25, 0.3) is 0 Å². The monoisotopic (exact) mass is 308 g/mol. The van der Waals surface area contributed by atoms with Crippen molar-refractivity contribution < 1.29 is 4.79 Å². The first-order valence-electron chi connectivity index (χ1n) is 5.66. The van der Waals surface area contributed by atoms with E-state index in [2.05, 4.69) is 4.99 Å². The van der Waals surface area contributed by atoms with Crippen molar-refractivity contribution >= 4 is 51.9 Å². The third kappa shape index (κ3) is 2.41. The number of hydrogen-bond donors (Lipinski definition) is 0. The van der Waals surface area contributed by atoms with Gasteiger partial charge in [0.05, 0.1) is 23.2 Å². The summed E-state index contributed by atoms with van der Waals surface area (Å²) in [6.45, 7) is 0.458. The van der Waals surface area contributed by atoms with Crippen LogP contribution < -0.4 is 0 Å². The van der Waals surface area contributed by atoms with Gasteiger partial charge in [-0.2, -0.15) is 0 Å². The first-order chi connectivity index (χ1) is 9.15. The predicted molar refractivity (Wildman–Crippen MR) is 81.8 cm³/mol. The van der Waals surface area contributed by atoms with Gasteiger partial charge in [0.2, 0.25) is 5.11 Å².